The van der Waals surface area contributed by atoms with Gasteiger partial charge in [0.25, 0.3) is 0 Å². The fourth-order valence-electron chi connectivity index (χ4n) is 9.34. The molecular formula is C51H37N3. The Morgan fingerprint density at radius 3 is 1.33 bits per heavy atom. The van der Waals surface area contributed by atoms with Gasteiger partial charge in [0.2, 0.25) is 0 Å². The maximum Gasteiger partial charge on any atom is 0.0541 e. The number of hydrogen-bond acceptors (Lipinski definition) is 1. The van der Waals surface area contributed by atoms with E-state index in [0.717, 1.165) is 22.7 Å². The molecule has 0 amide bonds. The fourth-order valence-corrected chi connectivity index (χ4v) is 9.34. The maximum atomic E-state index is 2.52. The van der Waals surface area contributed by atoms with E-state index in [1.165, 1.54) is 71.6 Å². The van der Waals surface area contributed by atoms with Crippen molar-refractivity contribution in [3.63, 3.8) is 0 Å². The van der Waals surface area contributed by atoms with Crippen molar-refractivity contribution in [1.82, 2.24) is 9.13 Å². The molecule has 3 nitrogen and oxygen atoms in total. The van der Waals surface area contributed by atoms with E-state index in [9.17, 15) is 0 Å². The summed E-state index contributed by atoms with van der Waals surface area (Å²) in [7, 11) is 0. The zero-order chi connectivity index (χ0) is 36.0. The molecule has 3 heteroatoms. The van der Waals surface area contributed by atoms with Crippen molar-refractivity contribution in [3.05, 3.63) is 199 Å². The minimum atomic E-state index is -0.269. The zero-order valence-corrected chi connectivity index (χ0v) is 30.2. The summed E-state index contributed by atoms with van der Waals surface area (Å²) in [6.07, 6.45) is 0. The summed E-state index contributed by atoms with van der Waals surface area (Å²) in [6, 6.07) is 68.8. The van der Waals surface area contributed by atoms with Crippen molar-refractivity contribution >= 4 is 60.7 Å². The molecule has 0 radical (unpaired) electrons. The molecule has 2 aromatic heterocycles. The Balaban J connectivity index is 1.26. The number of para-hydroxylation sites is 6. The first-order valence-electron chi connectivity index (χ1n) is 18.8. The van der Waals surface area contributed by atoms with Crippen molar-refractivity contribution in [1.29, 1.82) is 0 Å². The largest absolute Gasteiger partial charge is 0.310 e. The minimum absolute atomic E-state index is 0.269. The topological polar surface area (TPSA) is 13.1 Å². The summed E-state index contributed by atoms with van der Waals surface area (Å²) in [6.45, 7) is 4.81. The third kappa shape index (κ3) is 4.36. The second kappa shape index (κ2) is 11.6. The van der Waals surface area contributed by atoms with Crippen LogP contribution in [0.3, 0.4) is 0 Å². The Bertz CT molecular complexity index is 2930. The van der Waals surface area contributed by atoms with Gasteiger partial charge >= 0.3 is 0 Å². The molecule has 0 fully saturated rings. The van der Waals surface area contributed by atoms with E-state index in [2.05, 4.69) is 216 Å². The average Bonchev–Trinajstić information content (AvgIpc) is 3.82. The summed E-state index contributed by atoms with van der Waals surface area (Å²) in [5, 5.41) is 5.05. The van der Waals surface area contributed by atoms with Crippen molar-refractivity contribution in [3.8, 4) is 22.5 Å². The van der Waals surface area contributed by atoms with Crippen molar-refractivity contribution < 1.29 is 0 Å². The SMILES string of the molecule is CC1(C)c2ccc(N(c3ccccc3)c3ccccc3)cc2-c2cc(-n3c4ccccc4c4ccccc43)cc(-n3c4ccccc4c4ccccc43)c21. The number of anilines is 3. The highest BCUT2D eigenvalue weighted by atomic mass is 15.1. The summed E-state index contributed by atoms with van der Waals surface area (Å²) < 4.78 is 4.99. The molecule has 0 bridgehead atoms. The van der Waals surface area contributed by atoms with Crippen LogP contribution < -0.4 is 4.90 Å². The number of nitrogens with zero attached hydrogens (tertiary/aromatic N) is 3. The molecule has 10 aromatic rings. The number of rotatable bonds is 5. The average molecular weight is 692 g/mol. The van der Waals surface area contributed by atoms with Crippen LogP contribution in [0.5, 0.6) is 0 Å². The Labute approximate surface area is 314 Å². The first kappa shape index (κ1) is 30.8. The van der Waals surface area contributed by atoms with Crippen LogP contribution in [-0.4, -0.2) is 9.13 Å². The highest BCUT2D eigenvalue weighted by Crippen LogP contribution is 2.54. The van der Waals surface area contributed by atoms with Gasteiger partial charge in [0, 0.05) is 49.7 Å². The third-order valence-corrected chi connectivity index (χ3v) is 11.6. The second-order valence-electron chi connectivity index (χ2n) is 15.0. The van der Waals surface area contributed by atoms with E-state index in [0.29, 0.717) is 0 Å². The van der Waals surface area contributed by atoms with Crippen LogP contribution in [0.2, 0.25) is 0 Å². The van der Waals surface area contributed by atoms with Crippen molar-refractivity contribution in [2.45, 2.75) is 19.3 Å². The lowest BCUT2D eigenvalue weighted by molar-refractivity contribution is 0.656. The molecule has 0 unspecified atom stereocenters. The third-order valence-electron chi connectivity index (χ3n) is 11.6. The first-order valence-corrected chi connectivity index (χ1v) is 18.8. The molecule has 0 saturated carbocycles. The van der Waals surface area contributed by atoms with E-state index in [-0.39, 0.29) is 5.41 Å². The van der Waals surface area contributed by atoms with Crippen LogP contribution in [0.1, 0.15) is 25.0 Å². The fraction of sp³-hybridized carbons (Fsp3) is 0.0588. The molecule has 0 spiro atoms. The Morgan fingerprint density at radius 1 is 0.389 bits per heavy atom. The van der Waals surface area contributed by atoms with Crippen LogP contribution in [0, 0.1) is 0 Å². The van der Waals surface area contributed by atoms with Gasteiger partial charge in [0.15, 0.2) is 0 Å². The van der Waals surface area contributed by atoms with Crippen molar-refractivity contribution in [2.75, 3.05) is 4.90 Å². The molecule has 0 saturated heterocycles. The number of fused-ring (bicyclic) bond motifs is 9. The lowest BCUT2D eigenvalue weighted by Gasteiger charge is -2.27. The van der Waals surface area contributed by atoms with E-state index in [4.69, 9.17) is 0 Å². The summed E-state index contributed by atoms with van der Waals surface area (Å²) >= 11 is 0. The molecule has 54 heavy (non-hydrogen) atoms. The van der Waals surface area contributed by atoms with Crippen LogP contribution in [0.25, 0.3) is 66.1 Å². The molecule has 1 aliphatic carbocycles. The molecule has 2 heterocycles. The van der Waals surface area contributed by atoms with Gasteiger partial charge in [0.1, 0.15) is 0 Å². The van der Waals surface area contributed by atoms with Gasteiger partial charge in [-0.15, -0.1) is 0 Å². The first-order chi connectivity index (χ1) is 26.6. The maximum absolute atomic E-state index is 2.52. The zero-order valence-electron chi connectivity index (χ0n) is 30.2. The number of aromatic nitrogens is 2. The minimum Gasteiger partial charge on any atom is -0.310 e. The van der Waals surface area contributed by atoms with Gasteiger partial charge in [-0.05, 0) is 95.1 Å². The van der Waals surface area contributed by atoms with Crippen LogP contribution >= 0.6 is 0 Å². The molecule has 0 atom stereocenters. The van der Waals surface area contributed by atoms with E-state index in [1.54, 1.807) is 0 Å². The highest BCUT2D eigenvalue weighted by molar-refractivity contribution is 6.11. The summed E-state index contributed by atoms with van der Waals surface area (Å²) in [5.74, 6) is 0. The number of hydrogen-bond donors (Lipinski definition) is 0. The van der Waals surface area contributed by atoms with Gasteiger partial charge in [-0.3, -0.25) is 0 Å². The van der Waals surface area contributed by atoms with Crippen molar-refractivity contribution in [2.24, 2.45) is 0 Å². The summed E-state index contributed by atoms with van der Waals surface area (Å²) in [4.78, 5) is 2.37. The quantitative estimate of drug-likeness (QED) is 0.175. The predicted molar refractivity (Wildman–Crippen MR) is 227 cm³/mol. The van der Waals surface area contributed by atoms with Crippen LogP contribution in [0.15, 0.2) is 188 Å². The van der Waals surface area contributed by atoms with Gasteiger partial charge in [-0.25, -0.2) is 0 Å². The standard InChI is InChI=1S/C51H37N3/c1-51(2)44-30-29-36(52(34-17-5-3-6-18-34)35-19-7-4-8-20-35)31-42(44)43-32-37(53-45-25-13-9-21-38(45)39-22-10-14-26-46(39)53)33-49(50(43)51)54-47-27-15-11-23-40(47)41-24-12-16-28-48(41)54/h3-33H,1-2H3. The molecular weight excluding hydrogens is 655 g/mol. The molecule has 0 N–H and O–H groups in total. The molecule has 8 aromatic carbocycles. The van der Waals surface area contributed by atoms with Gasteiger partial charge in [-0.2, -0.15) is 0 Å². The van der Waals surface area contributed by atoms with Crippen LogP contribution in [0.4, 0.5) is 17.1 Å². The Morgan fingerprint density at radius 2 is 0.833 bits per heavy atom. The van der Waals surface area contributed by atoms with Gasteiger partial charge < -0.3 is 14.0 Å². The smallest absolute Gasteiger partial charge is 0.0541 e. The van der Waals surface area contributed by atoms with E-state index in [1.807, 2.05) is 0 Å². The molecule has 1 aliphatic rings. The van der Waals surface area contributed by atoms with Gasteiger partial charge in [0.05, 0.1) is 27.8 Å². The van der Waals surface area contributed by atoms with E-state index < -0.39 is 0 Å². The summed E-state index contributed by atoms with van der Waals surface area (Å²) in [5.41, 5.74) is 15.6. The van der Waals surface area contributed by atoms with Gasteiger partial charge in [-0.1, -0.05) is 129 Å². The number of benzene rings is 8. The normalized spacial score (nSPS) is 13.1. The Hall–Kier alpha value is -6.84. The van der Waals surface area contributed by atoms with E-state index >= 15 is 0 Å². The molecule has 0 aliphatic heterocycles. The Kier molecular flexibility index (Phi) is 6.60. The second-order valence-corrected chi connectivity index (χ2v) is 15.0. The monoisotopic (exact) mass is 691 g/mol. The molecule has 256 valence electrons. The van der Waals surface area contributed by atoms with Crippen LogP contribution in [-0.2, 0) is 5.41 Å². The highest BCUT2D eigenvalue weighted by Gasteiger charge is 2.39. The lowest BCUT2D eigenvalue weighted by Crippen LogP contribution is -2.18. The molecule has 11 rings (SSSR count). The predicted octanol–water partition coefficient (Wildman–Crippen LogP) is 13.7. The lowest BCUT2D eigenvalue weighted by atomic mass is 9.81.